The molecule has 1 aromatic heterocycles. The van der Waals surface area contributed by atoms with Gasteiger partial charge in [-0.25, -0.2) is 0 Å². The standard InChI is InChI=1S/C18H32N4O2/c1-18(2,3)24-13-14(23)12-21-10-6-4-8-15(21)17-20-19-16-9-5-7-11-22(16)17/h14-15,23H,4-13H2,1-3H3/t14-,15-/m0/s1. The van der Waals surface area contributed by atoms with Crippen molar-refractivity contribution in [3.63, 3.8) is 0 Å². The summed E-state index contributed by atoms with van der Waals surface area (Å²) in [5.74, 6) is 2.24. The van der Waals surface area contributed by atoms with Crippen molar-refractivity contribution in [3.05, 3.63) is 11.6 Å². The largest absolute Gasteiger partial charge is 0.389 e. The number of piperidine rings is 1. The van der Waals surface area contributed by atoms with Gasteiger partial charge in [0.2, 0.25) is 0 Å². The summed E-state index contributed by atoms with van der Waals surface area (Å²) >= 11 is 0. The fraction of sp³-hybridized carbons (Fsp3) is 0.889. The van der Waals surface area contributed by atoms with E-state index >= 15 is 0 Å². The minimum absolute atomic E-state index is 0.214. The minimum Gasteiger partial charge on any atom is -0.389 e. The molecule has 2 aliphatic rings. The fourth-order valence-corrected chi connectivity index (χ4v) is 3.75. The number of aliphatic hydroxyl groups excluding tert-OH is 1. The number of likely N-dealkylation sites (tertiary alicyclic amines) is 1. The average Bonchev–Trinajstić information content (AvgIpc) is 2.97. The molecule has 0 unspecified atom stereocenters. The molecule has 0 aliphatic carbocycles. The molecule has 1 fully saturated rings. The van der Waals surface area contributed by atoms with E-state index in [0.717, 1.165) is 37.6 Å². The Morgan fingerprint density at radius 2 is 1.96 bits per heavy atom. The van der Waals surface area contributed by atoms with E-state index < -0.39 is 6.10 Å². The highest BCUT2D eigenvalue weighted by Gasteiger charge is 2.31. The molecule has 3 heterocycles. The summed E-state index contributed by atoms with van der Waals surface area (Å²) in [7, 11) is 0. The van der Waals surface area contributed by atoms with E-state index in [1.165, 1.54) is 25.7 Å². The summed E-state index contributed by atoms with van der Waals surface area (Å²) in [5.41, 5.74) is -0.214. The van der Waals surface area contributed by atoms with Crippen LogP contribution in [0.25, 0.3) is 0 Å². The number of β-amino-alcohol motifs (C(OH)–C–C–N with tert-alkyl or cyclic N) is 1. The average molecular weight is 336 g/mol. The predicted molar refractivity (Wildman–Crippen MR) is 92.8 cm³/mol. The zero-order chi connectivity index (χ0) is 17.2. The lowest BCUT2D eigenvalue weighted by atomic mass is 10.00. The second kappa shape index (κ2) is 7.50. The maximum atomic E-state index is 10.4. The van der Waals surface area contributed by atoms with Crippen molar-refractivity contribution in [3.8, 4) is 0 Å². The van der Waals surface area contributed by atoms with Gasteiger partial charge in [-0.1, -0.05) is 6.42 Å². The third-order valence-electron chi connectivity index (χ3n) is 4.95. The molecule has 0 spiro atoms. The molecular weight excluding hydrogens is 304 g/mol. The van der Waals surface area contributed by atoms with Crippen LogP contribution in [0, 0.1) is 0 Å². The zero-order valence-electron chi connectivity index (χ0n) is 15.4. The van der Waals surface area contributed by atoms with Gasteiger partial charge < -0.3 is 14.4 Å². The van der Waals surface area contributed by atoms with Crippen LogP contribution in [0.1, 0.15) is 70.6 Å². The summed E-state index contributed by atoms with van der Waals surface area (Å²) < 4.78 is 8.06. The van der Waals surface area contributed by atoms with Crippen molar-refractivity contribution in [2.75, 3.05) is 19.7 Å². The number of nitrogens with zero attached hydrogens (tertiary/aromatic N) is 4. The number of rotatable bonds is 5. The maximum absolute atomic E-state index is 10.4. The first-order valence-electron chi connectivity index (χ1n) is 9.42. The number of aliphatic hydroxyl groups is 1. The van der Waals surface area contributed by atoms with Gasteiger partial charge in [-0.2, -0.15) is 0 Å². The van der Waals surface area contributed by atoms with Crippen LogP contribution in [-0.4, -0.2) is 56.2 Å². The lowest BCUT2D eigenvalue weighted by Crippen LogP contribution is -2.42. The number of aromatic nitrogens is 3. The Morgan fingerprint density at radius 3 is 2.75 bits per heavy atom. The smallest absolute Gasteiger partial charge is 0.150 e. The monoisotopic (exact) mass is 336 g/mol. The number of hydrogen-bond donors (Lipinski definition) is 1. The van der Waals surface area contributed by atoms with E-state index in [4.69, 9.17) is 4.74 Å². The fourth-order valence-electron chi connectivity index (χ4n) is 3.75. The number of hydrogen-bond acceptors (Lipinski definition) is 5. The summed E-state index contributed by atoms with van der Waals surface area (Å²) in [4.78, 5) is 2.38. The van der Waals surface area contributed by atoms with E-state index in [9.17, 15) is 5.11 Å². The number of aryl methyl sites for hydroxylation is 1. The Labute approximate surface area is 145 Å². The second-order valence-corrected chi connectivity index (χ2v) is 8.17. The van der Waals surface area contributed by atoms with Crippen molar-refractivity contribution in [2.24, 2.45) is 0 Å². The van der Waals surface area contributed by atoms with Crippen LogP contribution in [0.5, 0.6) is 0 Å². The van der Waals surface area contributed by atoms with Gasteiger partial charge in [0.15, 0.2) is 0 Å². The van der Waals surface area contributed by atoms with E-state index in [1.54, 1.807) is 0 Å². The van der Waals surface area contributed by atoms with Crippen molar-refractivity contribution in [2.45, 2.75) is 83.6 Å². The Hall–Kier alpha value is -0.980. The van der Waals surface area contributed by atoms with Crippen molar-refractivity contribution < 1.29 is 9.84 Å². The van der Waals surface area contributed by atoms with Gasteiger partial charge in [-0.3, -0.25) is 4.90 Å². The third kappa shape index (κ3) is 4.35. The van der Waals surface area contributed by atoms with Crippen LogP contribution < -0.4 is 0 Å². The molecule has 1 saturated heterocycles. The highest BCUT2D eigenvalue weighted by molar-refractivity contribution is 5.05. The van der Waals surface area contributed by atoms with E-state index in [0.29, 0.717) is 13.2 Å². The quantitative estimate of drug-likeness (QED) is 0.894. The van der Waals surface area contributed by atoms with Crippen LogP contribution in [0.2, 0.25) is 0 Å². The highest BCUT2D eigenvalue weighted by Crippen LogP contribution is 2.31. The van der Waals surface area contributed by atoms with Crippen molar-refractivity contribution in [1.82, 2.24) is 19.7 Å². The topological polar surface area (TPSA) is 63.4 Å². The summed E-state index contributed by atoms with van der Waals surface area (Å²) in [6, 6.07) is 0.280. The first-order valence-corrected chi connectivity index (χ1v) is 9.42. The van der Waals surface area contributed by atoms with E-state index in [-0.39, 0.29) is 11.6 Å². The lowest BCUT2D eigenvalue weighted by molar-refractivity contribution is -0.0615. The molecule has 2 atom stereocenters. The van der Waals surface area contributed by atoms with Crippen LogP contribution in [0.4, 0.5) is 0 Å². The predicted octanol–water partition coefficient (Wildman–Crippen LogP) is 2.32. The minimum atomic E-state index is -0.464. The molecule has 0 amide bonds. The zero-order valence-corrected chi connectivity index (χ0v) is 15.4. The lowest BCUT2D eigenvalue weighted by Gasteiger charge is -2.37. The van der Waals surface area contributed by atoms with Gasteiger partial charge in [0.1, 0.15) is 11.6 Å². The molecule has 2 aliphatic heterocycles. The summed E-state index contributed by atoms with van der Waals surface area (Å²) in [6.07, 6.45) is 6.52. The molecule has 0 radical (unpaired) electrons. The molecule has 1 N–H and O–H groups in total. The molecule has 0 aromatic carbocycles. The summed E-state index contributed by atoms with van der Waals surface area (Å²) in [5, 5.41) is 19.3. The molecular formula is C18H32N4O2. The second-order valence-electron chi connectivity index (χ2n) is 8.17. The molecule has 24 heavy (non-hydrogen) atoms. The molecule has 6 nitrogen and oxygen atoms in total. The van der Waals surface area contributed by atoms with Crippen LogP contribution in [0.15, 0.2) is 0 Å². The first-order chi connectivity index (χ1) is 11.4. The molecule has 3 rings (SSSR count). The Morgan fingerprint density at radius 1 is 1.17 bits per heavy atom. The van der Waals surface area contributed by atoms with Crippen LogP contribution in [-0.2, 0) is 17.7 Å². The number of ether oxygens (including phenoxy) is 1. The molecule has 0 saturated carbocycles. The highest BCUT2D eigenvalue weighted by atomic mass is 16.5. The Balaban J connectivity index is 1.66. The Kier molecular flexibility index (Phi) is 5.57. The van der Waals surface area contributed by atoms with Crippen LogP contribution >= 0.6 is 0 Å². The van der Waals surface area contributed by atoms with E-state index in [2.05, 4.69) is 19.7 Å². The summed E-state index contributed by atoms with van der Waals surface area (Å²) in [6.45, 7) is 9.13. The third-order valence-corrected chi connectivity index (χ3v) is 4.95. The van der Waals surface area contributed by atoms with Gasteiger partial charge >= 0.3 is 0 Å². The molecule has 136 valence electrons. The molecule has 1 aromatic rings. The Bertz CT molecular complexity index is 538. The molecule has 0 bridgehead atoms. The van der Waals surface area contributed by atoms with E-state index in [1.807, 2.05) is 20.8 Å². The van der Waals surface area contributed by atoms with Gasteiger partial charge in [0.05, 0.1) is 24.4 Å². The van der Waals surface area contributed by atoms with Gasteiger partial charge in [0.25, 0.3) is 0 Å². The maximum Gasteiger partial charge on any atom is 0.150 e. The van der Waals surface area contributed by atoms with Crippen molar-refractivity contribution in [1.29, 1.82) is 0 Å². The van der Waals surface area contributed by atoms with Crippen LogP contribution in [0.3, 0.4) is 0 Å². The van der Waals surface area contributed by atoms with Crippen molar-refractivity contribution >= 4 is 0 Å². The van der Waals surface area contributed by atoms with Gasteiger partial charge in [0, 0.05) is 19.5 Å². The first kappa shape index (κ1) is 17.8. The van der Waals surface area contributed by atoms with Gasteiger partial charge in [-0.15, -0.1) is 10.2 Å². The normalized spacial score (nSPS) is 23.9. The SMILES string of the molecule is CC(C)(C)OC[C@@H](O)CN1CCCC[C@H]1c1nnc2n1CCCC2. The number of fused-ring (bicyclic) bond motifs is 1. The molecule has 6 heteroatoms. The van der Waals surface area contributed by atoms with Gasteiger partial charge in [-0.05, 0) is 53.0 Å².